The molecule has 3 N–H and O–H groups in total. The number of hydrogen-bond acceptors (Lipinski definition) is 5. The SMILES string of the molecule is CNc1ccc(OB(O)O)cn1. The molecule has 0 atom stereocenters. The summed E-state index contributed by atoms with van der Waals surface area (Å²) in [5, 5.41) is 19.7. The zero-order valence-corrected chi connectivity index (χ0v) is 6.56. The van der Waals surface area contributed by atoms with Gasteiger partial charge in [0.15, 0.2) is 0 Å². The highest BCUT2D eigenvalue weighted by Crippen LogP contribution is 2.11. The number of nitrogens with one attached hydrogen (secondary N) is 1. The Hall–Kier alpha value is -1.27. The van der Waals surface area contributed by atoms with Crippen molar-refractivity contribution >= 4 is 13.1 Å². The molecule has 6 heteroatoms. The van der Waals surface area contributed by atoms with Gasteiger partial charge in [-0.25, -0.2) is 4.98 Å². The highest BCUT2D eigenvalue weighted by molar-refractivity contribution is 6.33. The third-order valence-corrected chi connectivity index (χ3v) is 1.23. The predicted octanol–water partition coefficient (Wildman–Crippen LogP) is -0.528. The summed E-state index contributed by atoms with van der Waals surface area (Å²) in [5.74, 6) is 0.999. The molecule has 0 spiro atoms. The van der Waals surface area contributed by atoms with Crippen molar-refractivity contribution in [3.63, 3.8) is 0 Å². The van der Waals surface area contributed by atoms with E-state index in [1.807, 2.05) is 0 Å². The molecule has 1 aromatic heterocycles. The number of pyridine rings is 1. The average Bonchev–Trinajstić information content (AvgIpc) is 2.05. The number of anilines is 1. The molecule has 1 aromatic rings. The van der Waals surface area contributed by atoms with Crippen LogP contribution >= 0.6 is 0 Å². The second kappa shape index (κ2) is 3.94. The second-order valence-electron chi connectivity index (χ2n) is 2.07. The first-order valence-electron chi connectivity index (χ1n) is 3.39. The van der Waals surface area contributed by atoms with Crippen LogP contribution in [0.15, 0.2) is 18.3 Å². The molecule has 1 rings (SSSR count). The molecule has 64 valence electrons. The molecule has 0 aliphatic carbocycles. The van der Waals surface area contributed by atoms with E-state index in [4.69, 9.17) is 10.0 Å². The van der Waals surface area contributed by atoms with E-state index >= 15 is 0 Å². The summed E-state index contributed by atoms with van der Waals surface area (Å²) < 4.78 is 4.53. The maximum Gasteiger partial charge on any atom is 0.707 e. The summed E-state index contributed by atoms with van der Waals surface area (Å²) in [6, 6.07) is 3.25. The molecule has 0 radical (unpaired) electrons. The fourth-order valence-electron chi connectivity index (χ4n) is 0.720. The van der Waals surface area contributed by atoms with Gasteiger partial charge in [-0.2, -0.15) is 0 Å². The number of nitrogens with zero attached hydrogens (tertiary/aromatic N) is 1. The molecule has 1 heterocycles. The fraction of sp³-hybridized carbons (Fsp3) is 0.167. The number of aromatic nitrogens is 1. The van der Waals surface area contributed by atoms with Crippen molar-refractivity contribution < 1.29 is 14.7 Å². The van der Waals surface area contributed by atoms with E-state index in [9.17, 15) is 0 Å². The van der Waals surface area contributed by atoms with Gasteiger partial charge in [0.1, 0.15) is 11.6 Å². The molecule has 0 fully saturated rings. The van der Waals surface area contributed by atoms with E-state index in [0.717, 1.165) is 0 Å². The van der Waals surface area contributed by atoms with Crippen LogP contribution in [0.5, 0.6) is 5.75 Å². The van der Waals surface area contributed by atoms with E-state index in [-0.39, 0.29) is 0 Å². The average molecular weight is 168 g/mol. The van der Waals surface area contributed by atoms with Crippen molar-refractivity contribution in [3.8, 4) is 5.75 Å². The molecule has 0 aromatic carbocycles. The Labute approximate surface area is 70.2 Å². The minimum Gasteiger partial charge on any atom is -0.511 e. The van der Waals surface area contributed by atoms with Gasteiger partial charge in [-0.1, -0.05) is 0 Å². The van der Waals surface area contributed by atoms with E-state index < -0.39 is 7.32 Å². The van der Waals surface area contributed by atoms with Gasteiger partial charge < -0.3 is 20.0 Å². The third-order valence-electron chi connectivity index (χ3n) is 1.23. The summed E-state index contributed by atoms with van der Waals surface area (Å²) in [5.41, 5.74) is 0. The van der Waals surface area contributed by atoms with Crippen LogP contribution in [0.3, 0.4) is 0 Å². The van der Waals surface area contributed by atoms with Crippen LogP contribution in [0.2, 0.25) is 0 Å². The molecule has 0 saturated heterocycles. The minimum atomic E-state index is -1.80. The van der Waals surface area contributed by atoms with Crippen LogP contribution in [-0.2, 0) is 0 Å². The van der Waals surface area contributed by atoms with Gasteiger partial charge in [0.2, 0.25) is 0 Å². The van der Waals surface area contributed by atoms with Crippen LogP contribution in [0, 0.1) is 0 Å². The van der Waals surface area contributed by atoms with Crippen molar-refractivity contribution in [2.45, 2.75) is 0 Å². The molecule has 0 aliphatic rings. The zero-order valence-electron chi connectivity index (χ0n) is 6.56. The molecule has 0 bridgehead atoms. The van der Waals surface area contributed by atoms with Crippen LogP contribution in [0.4, 0.5) is 5.82 Å². The lowest BCUT2D eigenvalue weighted by Crippen LogP contribution is -2.20. The standard InChI is InChI=1S/C6H9BN2O3/c1-8-6-3-2-5(4-9-6)12-7(10)11/h2-4,10-11H,1H3,(H,8,9). The lowest BCUT2D eigenvalue weighted by Gasteiger charge is -2.04. The van der Waals surface area contributed by atoms with Gasteiger partial charge >= 0.3 is 7.32 Å². The molecule has 12 heavy (non-hydrogen) atoms. The second-order valence-corrected chi connectivity index (χ2v) is 2.07. The summed E-state index contributed by atoms with van der Waals surface area (Å²) in [6.07, 6.45) is 1.39. The maximum atomic E-state index is 8.42. The van der Waals surface area contributed by atoms with Gasteiger partial charge in [-0.15, -0.1) is 0 Å². The molecular formula is C6H9BN2O3. The van der Waals surface area contributed by atoms with Crippen LogP contribution in [-0.4, -0.2) is 29.4 Å². The minimum absolute atomic E-state index is 0.309. The first-order chi connectivity index (χ1) is 5.72. The van der Waals surface area contributed by atoms with E-state index in [1.54, 1.807) is 19.2 Å². The topological polar surface area (TPSA) is 74.6 Å². The molecule has 0 amide bonds. The van der Waals surface area contributed by atoms with Gasteiger partial charge in [-0.3, -0.25) is 0 Å². The van der Waals surface area contributed by atoms with Crippen LogP contribution in [0.1, 0.15) is 0 Å². The maximum absolute atomic E-state index is 8.42. The first kappa shape index (κ1) is 8.83. The van der Waals surface area contributed by atoms with Crippen molar-refractivity contribution in [2.24, 2.45) is 0 Å². The Morgan fingerprint density at radius 2 is 2.25 bits per heavy atom. The largest absolute Gasteiger partial charge is 0.707 e. The third kappa shape index (κ3) is 2.41. The van der Waals surface area contributed by atoms with Gasteiger partial charge in [0, 0.05) is 7.05 Å². The smallest absolute Gasteiger partial charge is 0.511 e. The summed E-state index contributed by atoms with van der Waals surface area (Å²) in [4.78, 5) is 3.89. The monoisotopic (exact) mass is 168 g/mol. The van der Waals surface area contributed by atoms with Crippen molar-refractivity contribution in [3.05, 3.63) is 18.3 Å². The highest BCUT2D eigenvalue weighted by Gasteiger charge is 2.10. The van der Waals surface area contributed by atoms with E-state index in [2.05, 4.69) is 15.0 Å². The molecular weight excluding hydrogens is 159 g/mol. The fourth-order valence-corrected chi connectivity index (χ4v) is 0.720. The lowest BCUT2D eigenvalue weighted by atomic mass is 10.2. The van der Waals surface area contributed by atoms with Gasteiger partial charge in [0.25, 0.3) is 0 Å². The summed E-state index contributed by atoms with van der Waals surface area (Å²) in [7, 11) is -0.0590. The quantitative estimate of drug-likeness (QED) is 0.529. The Balaban J connectivity index is 2.65. The highest BCUT2D eigenvalue weighted by atomic mass is 16.6. The van der Waals surface area contributed by atoms with Crippen molar-refractivity contribution in [2.75, 3.05) is 12.4 Å². The van der Waals surface area contributed by atoms with E-state index in [1.165, 1.54) is 6.20 Å². The molecule has 0 saturated carbocycles. The number of rotatable bonds is 3. The van der Waals surface area contributed by atoms with Crippen molar-refractivity contribution in [1.29, 1.82) is 0 Å². The normalized spacial score (nSPS) is 9.25. The van der Waals surface area contributed by atoms with Crippen molar-refractivity contribution in [1.82, 2.24) is 4.98 Å². The summed E-state index contributed by atoms with van der Waals surface area (Å²) in [6.45, 7) is 0. The van der Waals surface area contributed by atoms with Crippen LogP contribution < -0.4 is 9.97 Å². The Kier molecular flexibility index (Phi) is 2.90. The molecule has 0 aliphatic heterocycles. The summed E-state index contributed by atoms with van der Waals surface area (Å²) >= 11 is 0. The Morgan fingerprint density at radius 1 is 1.50 bits per heavy atom. The first-order valence-corrected chi connectivity index (χ1v) is 3.39. The van der Waals surface area contributed by atoms with Crippen LogP contribution in [0.25, 0.3) is 0 Å². The van der Waals surface area contributed by atoms with E-state index in [0.29, 0.717) is 11.6 Å². The zero-order chi connectivity index (χ0) is 8.97. The van der Waals surface area contributed by atoms with Gasteiger partial charge in [-0.05, 0) is 12.1 Å². The molecule has 5 nitrogen and oxygen atoms in total. The predicted molar refractivity (Wildman–Crippen MR) is 44.6 cm³/mol. The molecule has 0 unspecified atom stereocenters. The van der Waals surface area contributed by atoms with Gasteiger partial charge in [0.05, 0.1) is 6.20 Å². The lowest BCUT2D eigenvalue weighted by molar-refractivity contribution is 0.287. The Morgan fingerprint density at radius 3 is 2.67 bits per heavy atom. The Bertz CT molecular complexity index is 239. The number of hydrogen-bond donors (Lipinski definition) is 3.